The zero-order valence-electron chi connectivity index (χ0n) is 8.77. The Morgan fingerprint density at radius 3 is 2.93 bits per heavy atom. The molecule has 0 amide bonds. The number of aromatic nitrogens is 2. The highest BCUT2D eigenvalue weighted by Crippen LogP contribution is 2.13. The Balaban J connectivity index is 0.00000112. The van der Waals surface area contributed by atoms with E-state index in [0.717, 1.165) is 25.4 Å². The fourth-order valence-corrected chi connectivity index (χ4v) is 1.59. The first-order chi connectivity index (χ1) is 6.86. The molecule has 0 bridgehead atoms. The van der Waals surface area contributed by atoms with Gasteiger partial charge in [0.2, 0.25) is 5.88 Å². The Morgan fingerprint density at radius 1 is 1.47 bits per heavy atom. The van der Waals surface area contributed by atoms with Gasteiger partial charge in [0, 0.05) is 24.9 Å². The summed E-state index contributed by atoms with van der Waals surface area (Å²) in [5.74, 6) is 1.29. The van der Waals surface area contributed by atoms with E-state index in [0.29, 0.717) is 11.8 Å². The van der Waals surface area contributed by atoms with Gasteiger partial charge >= 0.3 is 0 Å². The van der Waals surface area contributed by atoms with E-state index >= 15 is 0 Å². The van der Waals surface area contributed by atoms with Crippen molar-refractivity contribution in [1.29, 1.82) is 0 Å². The fraction of sp³-hybridized carbons (Fsp3) is 0.600. The van der Waals surface area contributed by atoms with Crippen molar-refractivity contribution in [2.24, 2.45) is 5.92 Å². The van der Waals surface area contributed by atoms with E-state index in [4.69, 9.17) is 4.74 Å². The predicted octanol–water partition coefficient (Wildman–Crippen LogP) is 1.20. The van der Waals surface area contributed by atoms with E-state index in [2.05, 4.69) is 15.3 Å². The summed E-state index contributed by atoms with van der Waals surface area (Å²) >= 11 is 0. The van der Waals surface area contributed by atoms with Gasteiger partial charge in [-0.1, -0.05) is 0 Å². The lowest BCUT2D eigenvalue weighted by atomic mass is 10.1. The third kappa shape index (κ3) is 3.32. The molecule has 1 N–H and O–H groups in total. The van der Waals surface area contributed by atoms with Gasteiger partial charge in [-0.15, -0.1) is 12.4 Å². The average Bonchev–Trinajstić information content (AvgIpc) is 2.69. The SMILES string of the molecule is Cc1nccnc1OCC1CCNC1.Cl. The molecule has 2 rings (SSSR count). The van der Waals surface area contributed by atoms with Crippen molar-refractivity contribution < 1.29 is 4.74 Å². The molecule has 0 aromatic carbocycles. The maximum atomic E-state index is 5.61. The second kappa shape index (κ2) is 5.88. The van der Waals surface area contributed by atoms with Crippen molar-refractivity contribution in [3.8, 4) is 5.88 Å². The average molecular weight is 230 g/mol. The van der Waals surface area contributed by atoms with E-state index in [1.165, 1.54) is 6.42 Å². The van der Waals surface area contributed by atoms with Gasteiger partial charge in [-0.05, 0) is 19.9 Å². The van der Waals surface area contributed by atoms with Crippen molar-refractivity contribution in [1.82, 2.24) is 15.3 Å². The maximum absolute atomic E-state index is 5.61. The summed E-state index contributed by atoms with van der Waals surface area (Å²) in [6.07, 6.45) is 4.54. The van der Waals surface area contributed by atoms with Crippen molar-refractivity contribution in [2.75, 3.05) is 19.7 Å². The van der Waals surface area contributed by atoms with Crippen LogP contribution in [0.25, 0.3) is 0 Å². The second-order valence-electron chi connectivity index (χ2n) is 3.62. The third-order valence-electron chi connectivity index (χ3n) is 2.45. The fourth-order valence-electron chi connectivity index (χ4n) is 1.59. The first-order valence-electron chi connectivity index (χ1n) is 4.97. The number of halogens is 1. The minimum Gasteiger partial charge on any atom is -0.476 e. The van der Waals surface area contributed by atoms with Crippen LogP contribution in [-0.4, -0.2) is 29.7 Å². The van der Waals surface area contributed by atoms with Gasteiger partial charge in [0.1, 0.15) is 0 Å². The third-order valence-corrected chi connectivity index (χ3v) is 2.45. The molecule has 0 radical (unpaired) electrons. The Hall–Kier alpha value is -0.870. The Kier molecular flexibility index (Phi) is 4.78. The molecule has 1 aromatic rings. The molecule has 1 atom stereocenters. The number of rotatable bonds is 3. The van der Waals surface area contributed by atoms with Gasteiger partial charge in [0.25, 0.3) is 0 Å². The quantitative estimate of drug-likeness (QED) is 0.846. The van der Waals surface area contributed by atoms with Crippen LogP contribution >= 0.6 is 12.4 Å². The lowest BCUT2D eigenvalue weighted by Gasteiger charge is -2.10. The highest BCUT2D eigenvalue weighted by atomic mass is 35.5. The number of ether oxygens (including phenoxy) is 1. The predicted molar refractivity (Wildman–Crippen MR) is 60.5 cm³/mol. The first-order valence-corrected chi connectivity index (χ1v) is 4.97. The molecule has 1 saturated heterocycles. The molecule has 0 aliphatic carbocycles. The van der Waals surface area contributed by atoms with Gasteiger partial charge in [-0.3, -0.25) is 4.98 Å². The summed E-state index contributed by atoms with van der Waals surface area (Å²) in [7, 11) is 0. The molecule has 1 aliphatic rings. The van der Waals surface area contributed by atoms with Crippen LogP contribution in [-0.2, 0) is 0 Å². The molecule has 2 heterocycles. The topological polar surface area (TPSA) is 47.0 Å². The molecule has 0 spiro atoms. The van der Waals surface area contributed by atoms with E-state index in [1.807, 2.05) is 6.92 Å². The monoisotopic (exact) mass is 229 g/mol. The molecular weight excluding hydrogens is 214 g/mol. The van der Waals surface area contributed by atoms with E-state index in [9.17, 15) is 0 Å². The molecule has 4 nitrogen and oxygen atoms in total. The van der Waals surface area contributed by atoms with E-state index in [1.54, 1.807) is 12.4 Å². The number of hydrogen-bond acceptors (Lipinski definition) is 4. The van der Waals surface area contributed by atoms with Gasteiger partial charge in [0.15, 0.2) is 0 Å². The molecule has 15 heavy (non-hydrogen) atoms. The highest BCUT2D eigenvalue weighted by molar-refractivity contribution is 5.85. The number of aryl methyl sites for hydroxylation is 1. The highest BCUT2D eigenvalue weighted by Gasteiger charge is 2.15. The summed E-state index contributed by atoms with van der Waals surface area (Å²) < 4.78 is 5.61. The lowest BCUT2D eigenvalue weighted by Crippen LogP contribution is -2.16. The number of nitrogens with zero attached hydrogens (tertiary/aromatic N) is 2. The molecule has 1 aromatic heterocycles. The minimum atomic E-state index is 0. The number of hydrogen-bond donors (Lipinski definition) is 1. The zero-order chi connectivity index (χ0) is 9.80. The zero-order valence-corrected chi connectivity index (χ0v) is 9.59. The van der Waals surface area contributed by atoms with Gasteiger partial charge in [-0.2, -0.15) is 0 Å². The van der Waals surface area contributed by atoms with E-state index < -0.39 is 0 Å². The van der Waals surface area contributed by atoms with Crippen LogP contribution < -0.4 is 10.1 Å². The van der Waals surface area contributed by atoms with Crippen molar-refractivity contribution in [3.63, 3.8) is 0 Å². The normalized spacial score (nSPS) is 19.7. The molecule has 1 unspecified atom stereocenters. The van der Waals surface area contributed by atoms with E-state index in [-0.39, 0.29) is 12.4 Å². The Bertz CT molecular complexity index is 302. The summed E-state index contributed by atoms with van der Waals surface area (Å²) in [5.41, 5.74) is 0.860. The first kappa shape index (κ1) is 12.2. The van der Waals surface area contributed by atoms with Crippen molar-refractivity contribution in [3.05, 3.63) is 18.1 Å². The summed E-state index contributed by atoms with van der Waals surface area (Å²) in [6, 6.07) is 0. The van der Waals surface area contributed by atoms with Crippen LogP contribution in [0.2, 0.25) is 0 Å². The molecule has 1 fully saturated rings. The van der Waals surface area contributed by atoms with Crippen LogP contribution in [0.15, 0.2) is 12.4 Å². The van der Waals surface area contributed by atoms with Gasteiger partial charge in [0.05, 0.1) is 12.3 Å². The van der Waals surface area contributed by atoms with Crippen LogP contribution in [0.1, 0.15) is 12.1 Å². The standard InChI is InChI=1S/C10H15N3O.ClH/c1-8-10(13-5-4-12-8)14-7-9-2-3-11-6-9;/h4-5,9,11H,2-3,6-7H2,1H3;1H. The molecule has 1 aliphatic heterocycles. The molecular formula is C10H16ClN3O. The van der Waals surface area contributed by atoms with Gasteiger partial charge < -0.3 is 10.1 Å². The molecule has 0 saturated carbocycles. The Morgan fingerprint density at radius 2 is 2.27 bits per heavy atom. The van der Waals surface area contributed by atoms with Crippen LogP contribution in [0.5, 0.6) is 5.88 Å². The van der Waals surface area contributed by atoms with Crippen LogP contribution in [0, 0.1) is 12.8 Å². The number of nitrogens with one attached hydrogen (secondary N) is 1. The molecule has 5 heteroatoms. The van der Waals surface area contributed by atoms with Crippen molar-refractivity contribution in [2.45, 2.75) is 13.3 Å². The smallest absolute Gasteiger partial charge is 0.235 e. The summed E-state index contributed by atoms with van der Waals surface area (Å²) in [5, 5.41) is 3.31. The summed E-state index contributed by atoms with van der Waals surface area (Å²) in [4.78, 5) is 8.26. The Labute approximate surface area is 95.9 Å². The minimum absolute atomic E-state index is 0. The van der Waals surface area contributed by atoms with Crippen molar-refractivity contribution >= 4 is 12.4 Å². The summed E-state index contributed by atoms with van der Waals surface area (Å²) in [6.45, 7) is 4.81. The largest absolute Gasteiger partial charge is 0.476 e. The maximum Gasteiger partial charge on any atom is 0.235 e. The van der Waals surface area contributed by atoms with Gasteiger partial charge in [-0.25, -0.2) is 4.98 Å². The second-order valence-corrected chi connectivity index (χ2v) is 3.62. The molecule has 84 valence electrons. The van der Waals surface area contributed by atoms with Crippen LogP contribution in [0.3, 0.4) is 0 Å². The van der Waals surface area contributed by atoms with Crippen LogP contribution in [0.4, 0.5) is 0 Å². The lowest BCUT2D eigenvalue weighted by molar-refractivity contribution is 0.248.